The van der Waals surface area contributed by atoms with Crippen molar-refractivity contribution in [2.24, 2.45) is 11.8 Å². The number of halogens is 2. The second-order valence-corrected chi connectivity index (χ2v) is 11.1. The molecule has 4 rings (SSSR count). The summed E-state index contributed by atoms with van der Waals surface area (Å²) in [6.45, 7) is 4.35. The van der Waals surface area contributed by atoms with Crippen LogP contribution in [-0.4, -0.2) is 6.61 Å². The molecular weight excluding hydrogens is 450 g/mol. The SMILES string of the molecule is CC=CC1CCC(c2ccc(C(F)(F)OCCc3ccc(C4CCC(CCC)CC4)cc3)cc2)CC1. The van der Waals surface area contributed by atoms with Gasteiger partial charge in [-0.1, -0.05) is 80.4 Å². The van der Waals surface area contributed by atoms with Gasteiger partial charge in [-0.2, -0.15) is 8.78 Å². The molecule has 0 radical (unpaired) electrons. The molecule has 0 amide bonds. The summed E-state index contributed by atoms with van der Waals surface area (Å²) in [5.74, 6) is 2.71. The van der Waals surface area contributed by atoms with Crippen molar-refractivity contribution < 1.29 is 13.5 Å². The summed E-state index contributed by atoms with van der Waals surface area (Å²) in [5, 5.41) is 0. The van der Waals surface area contributed by atoms with Crippen LogP contribution in [0, 0.1) is 11.8 Å². The lowest BCUT2D eigenvalue weighted by Gasteiger charge is -2.28. The molecule has 0 aliphatic heterocycles. The van der Waals surface area contributed by atoms with Crippen molar-refractivity contribution in [1.82, 2.24) is 0 Å². The average molecular weight is 495 g/mol. The van der Waals surface area contributed by atoms with E-state index < -0.39 is 6.11 Å². The molecule has 0 unspecified atom stereocenters. The fourth-order valence-corrected chi connectivity index (χ4v) is 6.40. The smallest absolute Gasteiger partial charge is 0.316 e. The van der Waals surface area contributed by atoms with Gasteiger partial charge in [0.2, 0.25) is 0 Å². The van der Waals surface area contributed by atoms with E-state index in [0.29, 0.717) is 24.2 Å². The van der Waals surface area contributed by atoms with E-state index in [0.717, 1.165) is 24.3 Å². The van der Waals surface area contributed by atoms with Crippen molar-refractivity contribution in [3.05, 3.63) is 82.9 Å². The predicted molar refractivity (Wildman–Crippen MR) is 146 cm³/mol. The van der Waals surface area contributed by atoms with Gasteiger partial charge in [0.1, 0.15) is 0 Å². The van der Waals surface area contributed by atoms with E-state index in [-0.39, 0.29) is 12.2 Å². The van der Waals surface area contributed by atoms with Gasteiger partial charge in [-0.15, -0.1) is 0 Å². The number of alkyl halides is 2. The van der Waals surface area contributed by atoms with Gasteiger partial charge < -0.3 is 4.74 Å². The number of benzene rings is 2. The second kappa shape index (κ2) is 13.0. The van der Waals surface area contributed by atoms with Gasteiger partial charge in [0.25, 0.3) is 0 Å². The molecule has 196 valence electrons. The topological polar surface area (TPSA) is 9.23 Å². The van der Waals surface area contributed by atoms with Crippen LogP contribution in [0.25, 0.3) is 0 Å². The molecule has 36 heavy (non-hydrogen) atoms. The highest BCUT2D eigenvalue weighted by atomic mass is 19.3. The van der Waals surface area contributed by atoms with E-state index in [1.807, 2.05) is 12.1 Å². The minimum atomic E-state index is -3.26. The summed E-state index contributed by atoms with van der Waals surface area (Å²) in [7, 11) is 0. The van der Waals surface area contributed by atoms with Crippen LogP contribution in [0.5, 0.6) is 0 Å². The third-order valence-corrected chi connectivity index (χ3v) is 8.62. The van der Waals surface area contributed by atoms with Gasteiger partial charge in [0.05, 0.1) is 12.2 Å². The van der Waals surface area contributed by atoms with Crippen molar-refractivity contribution in [3.8, 4) is 0 Å². The summed E-state index contributed by atoms with van der Waals surface area (Å²) < 4.78 is 34.6. The van der Waals surface area contributed by atoms with Crippen molar-refractivity contribution in [3.63, 3.8) is 0 Å². The Balaban J connectivity index is 1.23. The zero-order valence-corrected chi connectivity index (χ0v) is 22.2. The maximum absolute atomic E-state index is 14.7. The van der Waals surface area contributed by atoms with Gasteiger partial charge in [0, 0.05) is 0 Å². The largest absolute Gasteiger partial charge is 0.383 e. The minimum Gasteiger partial charge on any atom is -0.316 e. The Morgan fingerprint density at radius 1 is 0.806 bits per heavy atom. The van der Waals surface area contributed by atoms with Crippen LogP contribution in [0.3, 0.4) is 0 Å². The normalized spacial score (nSPS) is 25.3. The molecule has 0 atom stereocenters. The molecule has 2 aromatic carbocycles. The highest BCUT2D eigenvalue weighted by molar-refractivity contribution is 5.28. The van der Waals surface area contributed by atoms with Crippen molar-refractivity contribution in [2.75, 3.05) is 6.61 Å². The Labute approximate surface area is 217 Å². The molecule has 0 heterocycles. The summed E-state index contributed by atoms with van der Waals surface area (Å²) >= 11 is 0. The average Bonchev–Trinajstić information content (AvgIpc) is 2.90. The maximum atomic E-state index is 14.7. The van der Waals surface area contributed by atoms with Gasteiger partial charge in [-0.3, -0.25) is 0 Å². The van der Waals surface area contributed by atoms with E-state index in [4.69, 9.17) is 4.74 Å². The molecule has 0 spiro atoms. The predicted octanol–water partition coefficient (Wildman–Crippen LogP) is 9.92. The van der Waals surface area contributed by atoms with Crippen molar-refractivity contribution in [1.29, 1.82) is 0 Å². The van der Waals surface area contributed by atoms with Crippen LogP contribution >= 0.6 is 0 Å². The molecule has 2 saturated carbocycles. The molecule has 3 heteroatoms. The highest BCUT2D eigenvalue weighted by Crippen LogP contribution is 2.39. The summed E-state index contributed by atoms with van der Waals surface area (Å²) in [4.78, 5) is 0. The standard InChI is InChI=1S/C33H44F2O/c1-3-5-25-7-13-28(14-8-25)29-17-11-27(12-18-29)23-24-36-33(34,35)32-21-19-31(20-22-32)30-15-9-26(6-4-2)10-16-30/h4,6,11-12,17-22,25-26,28,30H,3,5,7-10,13-16,23-24H2,1-2H3. The summed E-state index contributed by atoms with van der Waals surface area (Å²) in [6, 6.07) is 15.4. The van der Waals surface area contributed by atoms with Crippen molar-refractivity contribution in [2.45, 2.75) is 102 Å². The van der Waals surface area contributed by atoms with Crippen LogP contribution in [0.2, 0.25) is 0 Å². The minimum absolute atomic E-state index is 0.00514. The van der Waals surface area contributed by atoms with E-state index in [1.54, 1.807) is 12.1 Å². The Kier molecular flexibility index (Phi) is 9.76. The molecular formula is C33H44F2O. The van der Waals surface area contributed by atoms with Gasteiger partial charge in [-0.25, -0.2) is 0 Å². The maximum Gasteiger partial charge on any atom is 0.383 e. The Hall–Kier alpha value is -2.00. The lowest BCUT2D eigenvalue weighted by molar-refractivity contribution is -0.248. The third kappa shape index (κ3) is 7.28. The molecule has 1 nitrogen and oxygen atoms in total. The quantitative estimate of drug-likeness (QED) is 0.299. The van der Waals surface area contributed by atoms with Crippen LogP contribution in [-0.2, 0) is 17.3 Å². The fourth-order valence-electron chi connectivity index (χ4n) is 6.40. The number of allylic oxidation sites excluding steroid dienone is 2. The molecule has 0 N–H and O–H groups in total. The van der Waals surface area contributed by atoms with Crippen LogP contribution in [0.1, 0.15) is 112 Å². The van der Waals surface area contributed by atoms with E-state index >= 15 is 0 Å². The molecule has 2 aliphatic rings. The van der Waals surface area contributed by atoms with E-state index in [9.17, 15) is 8.78 Å². The van der Waals surface area contributed by atoms with Crippen molar-refractivity contribution >= 4 is 0 Å². The fraction of sp³-hybridized carbons (Fsp3) is 0.576. The first-order valence-corrected chi connectivity index (χ1v) is 14.3. The van der Waals surface area contributed by atoms with Crippen LogP contribution in [0.4, 0.5) is 8.78 Å². The summed E-state index contributed by atoms with van der Waals surface area (Å²) in [5.41, 5.74) is 3.57. The molecule has 0 saturated heterocycles. The van der Waals surface area contributed by atoms with Crippen LogP contribution in [0.15, 0.2) is 60.7 Å². The third-order valence-electron chi connectivity index (χ3n) is 8.62. The zero-order chi connectivity index (χ0) is 25.4. The number of rotatable bonds is 10. The van der Waals surface area contributed by atoms with Gasteiger partial charge in [-0.05, 0) is 105 Å². The molecule has 0 bridgehead atoms. The lowest BCUT2D eigenvalue weighted by atomic mass is 9.77. The zero-order valence-electron chi connectivity index (χ0n) is 22.2. The number of hydrogen-bond donors (Lipinski definition) is 0. The first-order valence-electron chi connectivity index (χ1n) is 14.3. The van der Waals surface area contributed by atoms with E-state index in [1.165, 1.54) is 62.5 Å². The highest BCUT2D eigenvalue weighted by Gasteiger charge is 2.33. The molecule has 2 fully saturated rings. The number of hydrogen-bond acceptors (Lipinski definition) is 1. The van der Waals surface area contributed by atoms with Crippen LogP contribution < -0.4 is 0 Å². The molecule has 2 aliphatic carbocycles. The second-order valence-electron chi connectivity index (χ2n) is 11.1. The monoisotopic (exact) mass is 494 g/mol. The van der Waals surface area contributed by atoms with Gasteiger partial charge >= 0.3 is 6.11 Å². The lowest BCUT2D eigenvalue weighted by Crippen LogP contribution is -2.20. The molecule has 0 aromatic heterocycles. The first-order chi connectivity index (χ1) is 17.5. The first kappa shape index (κ1) is 27.0. The number of ether oxygens (including phenoxy) is 1. The Morgan fingerprint density at radius 2 is 1.36 bits per heavy atom. The molecule has 2 aromatic rings. The summed E-state index contributed by atoms with van der Waals surface area (Å²) in [6.07, 6.45) is 14.1. The van der Waals surface area contributed by atoms with E-state index in [2.05, 4.69) is 50.3 Å². The van der Waals surface area contributed by atoms with Gasteiger partial charge in [0.15, 0.2) is 0 Å². The Bertz CT molecular complexity index is 931. The Morgan fingerprint density at radius 3 is 1.92 bits per heavy atom.